The molecule has 0 radical (unpaired) electrons. The number of hydrogen-bond donors (Lipinski definition) is 0. The average Bonchev–Trinajstić information content (AvgIpc) is 3.53. The highest BCUT2D eigenvalue weighted by atomic mass is 79.9. The Morgan fingerprint density at radius 2 is 1.96 bits per heavy atom. The Bertz CT molecular complexity index is 834. The molecule has 0 N–H and O–H groups in total. The summed E-state index contributed by atoms with van der Waals surface area (Å²) >= 11 is 3.52. The molecule has 0 amide bonds. The monoisotopic (exact) mass is 411 g/mol. The molecule has 0 bridgehead atoms. The maximum absolute atomic E-state index is 9.39. The largest absolute Gasteiger partial charge is 0.370 e. The molecule has 2 fully saturated rings. The molecule has 1 saturated carbocycles. The van der Waals surface area contributed by atoms with E-state index in [0.29, 0.717) is 12.0 Å². The van der Waals surface area contributed by atoms with Crippen LogP contribution in [0.25, 0.3) is 0 Å². The van der Waals surface area contributed by atoms with E-state index in [0.717, 1.165) is 53.3 Å². The zero-order valence-electron chi connectivity index (χ0n) is 14.9. The summed E-state index contributed by atoms with van der Waals surface area (Å²) in [6.07, 6.45) is 6.44. The lowest BCUT2D eigenvalue weighted by Gasteiger charge is -2.38. The van der Waals surface area contributed by atoms with Gasteiger partial charge in [-0.1, -0.05) is 15.9 Å². The van der Waals surface area contributed by atoms with Gasteiger partial charge in [-0.3, -0.25) is 0 Å². The second-order valence-corrected chi connectivity index (χ2v) is 8.07. The fourth-order valence-corrected chi connectivity index (χ4v) is 3.99. The SMILES string of the molecule is CN(c1ccnc(C2CC2)n1)C1CCN(c2cc(Br)ccc2C#N)CC1. The van der Waals surface area contributed by atoms with Crippen LogP contribution in [0.3, 0.4) is 0 Å². The van der Waals surface area contributed by atoms with E-state index in [4.69, 9.17) is 4.98 Å². The molecule has 1 saturated heterocycles. The van der Waals surface area contributed by atoms with E-state index in [9.17, 15) is 5.26 Å². The third kappa shape index (κ3) is 3.54. The summed E-state index contributed by atoms with van der Waals surface area (Å²) in [6.45, 7) is 1.89. The first-order valence-corrected chi connectivity index (χ1v) is 9.95. The van der Waals surface area contributed by atoms with Gasteiger partial charge >= 0.3 is 0 Å². The van der Waals surface area contributed by atoms with Crippen molar-refractivity contribution in [3.05, 3.63) is 46.3 Å². The number of anilines is 2. The summed E-state index contributed by atoms with van der Waals surface area (Å²) in [4.78, 5) is 13.8. The Morgan fingerprint density at radius 3 is 2.65 bits per heavy atom. The van der Waals surface area contributed by atoms with Gasteiger partial charge in [-0.15, -0.1) is 0 Å². The van der Waals surface area contributed by atoms with Crippen molar-refractivity contribution in [2.24, 2.45) is 0 Å². The van der Waals surface area contributed by atoms with Gasteiger partial charge in [0.25, 0.3) is 0 Å². The molecule has 4 rings (SSSR count). The third-order valence-electron chi connectivity index (χ3n) is 5.40. The van der Waals surface area contributed by atoms with Crippen LogP contribution in [0.1, 0.15) is 43.0 Å². The summed E-state index contributed by atoms with van der Waals surface area (Å²) in [5, 5.41) is 9.39. The van der Waals surface area contributed by atoms with Crippen molar-refractivity contribution in [1.82, 2.24) is 9.97 Å². The minimum Gasteiger partial charge on any atom is -0.370 e. The van der Waals surface area contributed by atoms with Crippen molar-refractivity contribution in [2.45, 2.75) is 37.6 Å². The molecule has 1 aromatic heterocycles. The predicted octanol–water partition coefficient (Wildman–Crippen LogP) is 4.09. The van der Waals surface area contributed by atoms with Gasteiger partial charge in [0.15, 0.2) is 0 Å². The molecular formula is C20H22BrN5. The lowest BCUT2D eigenvalue weighted by atomic mass is 10.0. The third-order valence-corrected chi connectivity index (χ3v) is 5.89. The summed E-state index contributed by atoms with van der Waals surface area (Å²) in [6, 6.07) is 10.7. The first kappa shape index (κ1) is 17.3. The molecule has 1 aliphatic heterocycles. The first-order valence-electron chi connectivity index (χ1n) is 9.16. The molecule has 0 spiro atoms. The van der Waals surface area contributed by atoms with Gasteiger partial charge in [-0.25, -0.2) is 9.97 Å². The second kappa shape index (κ2) is 7.24. The minimum absolute atomic E-state index is 0.464. The molecule has 1 aliphatic carbocycles. The molecule has 0 atom stereocenters. The van der Waals surface area contributed by atoms with Crippen molar-refractivity contribution in [1.29, 1.82) is 5.26 Å². The lowest BCUT2D eigenvalue weighted by molar-refractivity contribution is 0.479. The Labute approximate surface area is 162 Å². The summed E-state index contributed by atoms with van der Waals surface area (Å²) < 4.78 is 1.01. The van der Waals surface area contributed by atoms with Crippen LogP contribution in [0.4, 0.5) is 11.5 Å². The Balaban J connectivity index is 1.44. The van der Waals surface area contributed by atoms with Crippen LogP contribution in [0.2, 0.25) is 0 Å². The quantitative estimate of drug-likeness (QED) is 0.757. The smallest absolute Gasteiger partial charge is 0.133 e. The Kier molecular flexibility index (Phi) is 4.82. The van der Waals surface area contributed by atoms with Gasteiger partial charge in [0, 0.05) is 42.8 Å². The van der Waals surface area contributed by atoms with Crippen molar-refractivity contribution >= 4 is 27.4 Å². The van der Waals surface area contributed by atoms with E-state index in [1.807, 2.05) is 24.4 Å². The number of hydrogen-bond acceptors (Lipinski definition) is 5. The average molecular weight is 412 g/mol. The van der Waals surface area contributed by atoms with Crippen LogP contribution in [-0.4, -0.2) is 36.1 Å². The molecule has 6 heteroatoms. The molecule has 134 valence electrons. The highest BCUT2D eigenvalue weighted by molar-refractivity contribution is 9.10. The fraction of sp³-hybridized carbons (Fsp3) is 0.450. The van der Waals surface area contributed by atoms with E-state index in [1.165, 1.54) is 12.8 Å². The van der Waals surface area contributed by atoms with Gasteiger partial charge in [-0.05, 0) is 49.9 Å². The second-order valence-electron chi connectivity index (χ2n) is 7.15. The number of nitrogens with zero attached hydrogens (tertiary/aromatic N) is 5. The number of rotatable bonds is 4. The normalized spacial score (nSPS) is 17.8. The molecule has 1 aromatic carbocycles. The Hall–Kier alpha value is -2.13. The maximum atomic E-state index is 9.39. The van der Waals surface area contributed by atoms with E-state index >= 15 is 0 Å². The molecular weight excluding hydrogens is 390 g/mol. The molecule has 0 unspecified atom stereocenters. The molecule has 26 heavy (non-hydrogen) atoms. The van der Waals surface area contributed by atoms with E-state index in [-0.39, 0.29) is 0 Å². The first-order chi connectivity index (χ1) is 12.7. The van der Waals surface area contributed by atoms with Crippen LogP contribution >= 0.6 is 15.9 Å². The van der Waals surface area contributed by atoms with Gasteiger partial charge in [-0.2, -0.15) is 5.26 Å². The van der Waals surface area contributed by atoms with Gasteiger partial charge in [0.2, 0.25) is 0 Å². The number of halogens is 1. The van der Waals surface area contributed by atoms with Crippen LogP contribution in [0, 0.1) is 11.3 Å². The van der Waals surface area contributed by atoms with Gasteiger partial charge in [0.05, 0.1) is 11.3 Å². The molecule has 2 aromatic rings. The predicted molar refractivity (Wildman–Crippen MR) is 107 cm³/mol. The topological polar surface area (TPSA) is 56.1 Å². The zero-order chi connectivity index (χ0) is 18.1. The van der Waals surface area contributed by atoms with Crippen molar-refractivity contribution in [3.8, 4) is 6.07 Å². The van der Waals surface area contributed by atoms with Gasteiger partial charge in [0.1, 0.15) is 17.7 Å². The number of nitriles is 1. The Morgan fingerprint density at radius 1 is 1.19 bits per heavy atom. The van der Waals surface area contributed by atoms with Crippen LogP contribution in [0.15, 0.2) is 34.9 Å². The summed E-state index contributed by atoms with van der Waals surface area (Å²) in [5.74, 6) is 2.60. The van der Waals surface area contributed by atoms with Crippen molar-refractivity contribution in [3.63, 3.8) is 0 Å². The highest BCUT2D eigenvalue weighted by Gasteiger charge is 2.28. The van der Waals surface area contributed by atoms with Crippen molar-refractivity contribution in [2.75, 3.05) is 29.9 Å². The highest BCUT2D eigenvalue weighted by Crippen LogP contribution is 2.38. The summed E-state index contributed by atoms with van der Waals surface area (Å²) in [7, 11) is 2.14. The number of benzene rings is 1. The molecule has 2 aliphatic rings. The van der Waals surface area contributed by atoms with E-state index in [2.05, 4.69) is 49.9 Å². The lowest BCUT2D eigenvalue weighted by Crippen LogP contribution is -2.44. The molecule has 5 nitrogen and oxygen atoms in total. The van der Waals surface area contributed by atoms with Crippen LogP contribution < -0.4 is 9.80 Å². The fourth-order valence-electron chi connectivity index (χ4n) is 3.64. The van der Waals surface area contributed by atoms with Gasteiger partial charge < -0.3 is 9.80 Å². The van der Waals surface area contributed by atoms with Crippen LogP contribution in [-0.2, 0) is 0 Å². The number of piperidine rings is 1. The van der Waals surface area contributed by atoms with E-state index < -0.39 is 0 Å². The van der Waals surface area contributed by atoms with Crippen molar-refractivity contribution < 1.29 is 0 Å². The standard InChI is InChI=1S/C20H22BrN5/c1-25(19-6-9-23-20(24-19)14-2-3-14)17-7-10-26(11-8-17)18-12-16(21)5-4-15(18)13-22/h4-6,9,12,14,17H,2-3,7-8,10-11H2,1H3. The maximum Gasteiger partial charge on any atom is 0.133 e. The minimum atomic E-state index is 0.464. The summed E-state index contributed by atoms with van der Waals surface area (Å²) in [5.41, 5.74) is 1.77. The van der Waals surface area contributed by atoms with Crippen LogP contribution in [0.5, 0.6) is 0 Å². The molecule has 2 heterocycles. The zero-order valence-corrected chi connectivity index (χ0v) is 16.5. The number of aromatic nitrogens is 2. The van der Waals surface area contributed by atoms with E-state index in [1.54, 1.807) is 0 Å².